The molecule has 0 spiro atoms. The van der Waals surface area contributed by atoms with Gasteiger partial charge in [0.25, 0.3) is 0 Å². The quantitative estimate of drug-likeness (QED) is 0.463. The number of unbranched alkanes of at least 4 members (excludes halogenated alkanes) is 1. The van der Waals surface area contributed by atoms with Crippen LogP contribution in [0.3, 0.4) is 0 Å². The molecule has 0 bridgehead atoms. The highest BCUT2D eigenvalue weighted by atomic mass is 16.3. The van der Waals surface area contributed by atoms with Gasteiger partial charge in [0, 0.05) is 18.6 Å². The van der Waals surface area contributed by atoms with E-state index in [1.807, 2.05) is 0 Å². The van der Waals surface area contributed by atoms with Gasteiger partial charge in [0.05, 0.1) is 0 Å². The van der Waals surface area contributed by atoms with Crippen molar-refractivity contribution in [1.29, 1.82) is 0 Å². The molecule has 0 aromatic carbocycles. The maximum atomic E-state index is 8.86. The molecule has 0 heterocycles. The van der Waals surface area contributed by atoms with Gasteiger partial charge in [-0.05, 0) is 32.7 Å². The van der Waals surface area contributed by atoms with E-state index in [9.17, 15) is 0 Å². The normalized spacial score (nSPS) is 14.9. The molecule has 0 radical (unpaired) electrons. The van der Waals surface area contributed by atoms with E-state index in [4.69, 9.17) is 11.5 Å². The number of hydrogen-bond acceptors (Lipinski definition) is 2. The van der Waals surface area contributed by atoms with Crippen molar-refractivity contribution in [3.05, 3.63) is 0 Å². The molecule has 76 valence electrons. The van der Waals surface area contributed by atoms with Crippen LogP contribution in [-0.4, -0.2) is 23.8 Å². The Hall–Kier alpha value is -0.520. The largest absolute Gasteiger partial charge is 0.396 e. The lowest BCUT2D eigenvalue weighted by atomic mass is 9.95. The molecule has 2 heteroatoms. The zero-order valence-corrected chi connectivity index (χ0v) is 8.77. The summed E-state index contributed by atoms with van der Waals surface area (Å²) in [4.78, 5) is 0. The summed E-state index contributed by atoms with van der Waals surface area (Å²) in [7, 11) is 0. The number of hydrogen-bond donors (Lipinski definition) is 2. The Morgan fingerprint density at radius 3 is 2.69 bits per heavy atom. The van der Waals surface area contributed by atoms with Crippen molar-refractivity contribution < 1.29 is 5.11 Å². The zero-order valence-electron chi connectivity index (χ0n) is 8.77. The number of terminal acetylenes is 1. The SMILES string of the molecule is C#CCCCNC(C)(CC)CCO. The lowest BCUT2D eigenvalue weighted by Crippen LogP contribution is -2.43. The second kappa shape index (κ2) is 6.94. The molecule has 0 aliphatic rings. The van der Waals surface area contributed by atoms with E-state index in [1.54, 1.807) is 0 Å². The molecule has 1 atom stereocenters. The summed E-state index contributed by atoms with van der Waals surface area (Å²) >= 11 is 0. The lowest BCUT2D eigenvalue weighted by molar-refractivity contribution is 0.216. The predicted octanol–water partition coefficient (Wildman–Crippen LogP) is 1.54. The fourth-order valence-corrected chi connectivity index (χ4v) is 1.22. The van der Waals surface area contributed by atoms with Gasteiger partial charge in [-0.25, -0.2) is 0 Å². The number of aliphatic hydroxyl groups is 1. The molecule has 0 rings (SSSR count). The zero-order chi connectivity index (χ0) is 10.2. The average Bonchev–Trinajstić information content (AvgIpc) is 2.13. The van der Waals surface area contributed by atoms with Gasteiger partial charge in [-0.3, -0.25) is 0 Å². The molecule has 1 unspecified atom stereocenters. The molecule has 0 amide bonds. The van der Waals surface area contributed by atoms with Crippen LogP contribution in [0.2, 0.25) is 0 Å². The van der Waals surface area contributed by atoms with Crippen molar-refractivity contribution in [2.75, 3.05) is 13.2 Å². The van der Waals surface area contributed by atoms with Crippen LogP contribution in [-0.2, 0) is 0 Å². The van der Waals surface area contributed by atoms with Crippen LogP contribution in [0.5, 0.6) is 0 Å². The minimum atomic E-state index is 0.0728. The molecular weight excluding hydrogens is 162 g/mol. The molecule has 0 saturated heterocycles. The van der Waals surface area contributed by atoms with E-state index < -0.39 is 0 Å². The third kappa shape index (κ3) is 5.68. The van der Waals surface area contributed by atoms with Crippen LogP contribution >= 0.6 is 0 Å². The Kier molecular flexibility index (Phi) is 6.66. The summed E-state index contributed by atoms with van der Waals surface area (Å²) in [6.45, 7) is 5.45. The summed E-state index contributed by atoms with van der Waals surface area (Å²) in [5, 5.41) is 12.3. The van der Waals surface area contributed by atoms with Crippen molar-refractivity contribution in [1.82, 2.24) is 5.32 Å². The highest BCUT2D eigenvalue weighted by Gasteiger charge is 2.19. The van der Waals surface area contributed by atoms with Crippen LogP contribution in [0, 0.1) is 12.3 Å². The van der Waals surface area contributed by atoms with E-state index in [1.165, 1.54) is 0 Å². The Morgan fingerprint density at radius 2 is 2.23 bits per heavy atom. The minimum absolute atomic E-state index is 0.0728. The van der Waals surface area contributed by atoms with Gasteiger partial charge >= 0.3 is 0 Å². The van der Waals surface area contributed by atoms with E-state index in [0.29, 0.717) is 0 Å². The van der Waals surface area contributed by atoms with Crippen molar-refractivity contribution in [2.45, 2.75) is 45.1 Å². The summed E-state index contributed by atoms with van der Waals surface area (Å²) in [5.41, 5.74) is 0.0728. The number of aliphatic hydroxyl groups excluding tert-OH is 1. The van der Waals surface area contributed by atoms with Crippen molar-refractivity contribution in [3.63, 3.8) is 0 Å². The van der Waals surface area contributed by atoms with Crippen LogP contribution in [0.4, 0.5) is 0 Å². The first-order chi connectivity index (χ1) is 6.18. The highest BCUT2D eigenvalue weighted by Crippen LogP contribution is 2.13. The van der Waals surface area contributed by atoms with Gasteiger partial charge in [0.15, 0.2) is 0 Å². The Bertz CT molecular complexity index is 162. The fourth-order valence-electron chi connectivity index (χ4n) is 1.22. The van der Waals surface area contributed by atoms with E-state index in [0.717, 1.165) is 32.2 Å². The lowest BCUT2D eigenvalue weighted by Gasteiger charge is -2.29. The molecule has 0 aromatic rings. The van der Waals surface area contributed by atoms with Gasteiger partial charge in [-0.2, -0.15) is 0 Å². The molecule has 0 fully saturated rings. The smallest absolute Gasteiger partial charge is 0.0448 e. The second-order valence-corrected chi connectivity index (χ2v) is 3.62. The van der Waals surface area contributed by atoms with Gasteiger partial charge in [0.2, 0.25) is 0 Å². The first-order valence-corrected chi connectivity index (χ1v) is 4.98. The Balaban J connectivity index is 3.64. The number of rotatable bonds is 7. The second-order valence-electron chi connectivity index (χ2n) is 3.62. The molecule has 0 aromatic heterocycles. The van der Waals surface area contributed by atoms with Crippen LogP contribution in [0.1, 0.15) is 39.5 Å². The molecule has 0 aliphatic heterocycles. The molecule has 2 N–H and O–H groups in total. The van der Waals surface area contributed by atoms with E-state index in [2.05, 4.69) is 25.1 Å². The van der Waals surface area contributed by atoms with Crippen LogP contribution in [0.15, 0.2) is 0 Å². The highest BCUT2D eigenvalue weighted by molar-refractivity contribution is 4.85. The van der Waals surface area contributed by atoms with E-state index in [-0.39, 0.29) is 12.1 Å². The van der Waals surface area contributed by atoms with Crippen molar-refractivity contribution >= 4 is 0 Å². The van der Waals surface area contributed by atoms with Gasteiger partial charge in [0.1, 0.15) is 0 Å². The van der Waals surface area contributed by atoms with Crippen LogP contribution in [0.25, 0.3) is 0 Å². The topological polar surface area (TPSA) is 32.3 Å². The third-order valence-electron chi connectivity index (χ3n) is 2.49. The maximum absolute atomic E-state index is 8.86. The van der Waals surface area contributed by atoms with Gasteiger partial charge in [-0.1, -0.05) is 6.92 Å². The molecule has 0 aliphatic carbocycles. The Morgan fingerprint density at radius 1 is 1.54 bits per heavy atom. The molecule has 2 nitrogen and oxygen atoms in total. The third-order valence-corrected chi connectivity index (χ3v) is 2.49. The monoisotopic (exact) mass is 183 g/mol. The van der Waals surface area contributed by atoms with E-state index >= 15 is 0 Å². The van der Waals surface area contributed by atoms with Crippen LogP contribution < -0.4 is 5.32 Å². The van der Waals surface area contributed by atoms with Gasteiger partial charge < -0.3 is 10.4 Å². The summed E-state index contributed by atoms with van der Waals surface area (Å²) in [6.07, 6.45) is 8.82. The maximum Gasteiger partial charge on any atom is 0.0448 e. The first-order valence-electron chi connectivity index (χ1n) is 4.98. The Labute approximate surface area is 81.7 Å². The number of nitrogens with one attached hydrogen (secondary N) is 1. The molecule has 13 heavy (non-hydrogen) atoms. The standard InChI is InChI=1S/C11H21NO/c1-4-6-7-9-12-11(3,5-2)8-10-13/h1,12-13H,5-10H2,2-3H3. The van der Waals surface area contributed by atoms with Crippen molar-refractivity contribution in [2.24, 2.45) is 0 Å². The van der Waals surface area contributed by atoms with Gasteiger partial charge in [-0.15, -0.1) is 12.3 Å². The summed E-state index contributed by atoms with van der Waals surface area (Å²) in [6, 6.07) is 0. The predicted molar refractivity (Wildman–Crippen MR) is 56.5 cm³/mol. The fraction of sp³-hybridized carbons (Fsp3) is 0.818. The minimum Gasteiger partial charge on any atom is -0.396 e. The summed E-state index contributed by atoms with van der Waals surface area (Å²) in [5.74, 6) is 2.61. The van der Waals surface area contributed by atoms with Crippen molar-refractivity contribution in [3.8, 4) is 12.3 Å². The molecule has 0 saturated carbocycles. The first kappa shape index (κ1) is 12.5. The average molecular weight is 183 g/mol. The summed E-state index contributed by atoms with van der Waals surface area (Å²) < 4.78 is 0. The molecular formula is C11H21NO.